The van der Waals surface area contributed by atoms with Crippen LogP contribution in [0, 0.1) is 0 Å². The molecule has 0 aliphatic carbocycles. The molecule has 2 aliphatic rings. The minimum absolute atomic E-state index is 0.196. The van der Waals surface area contributed by atoms with Gasteiger partial charge in [0, 0.05) is 24.3 Å². The lowest BCUT2D eigenvalue weighted by atomic mass is 10.2. The normalized spacial score (nSPS) is 19.5. The third kappa shape index (κ3) is 4.10. The quantitative estimate of drug-likeness (QED) is 0.558. The lowest BCUT2D eigenvalue weighted by Gasteiger charge is -2.26. The lowest BCUT2D eigenvalue weighted by Crippen LogP contribution is -2.37. The Morgan fingerprint density at radius 2 is 2.08 bits per heavy atom. The van der Waals surface area contributed by atoms with Crippen molar-refractivity contribution in [3.63, 3.8) is 0 Å². The maximum absolute atomic E-state index is 12.1. The number of benzene rings is 1. The van der Waals surface area contributed by atoms with Crippen LogP contribution in [0.15, 0.2) is 29.4 Å². The molecule has 1 atom stereocenters. The Labute approximate surface area is 156 Å². The molecule has 8 nitrogen and oxygen atoms in total. The van der Waals surface area contributed by atoms with E-state index in [0.29, 0.717) is 43.9 Å². The van der Waals surface area contributed by atoms with Crippen molar-refractivity contribution in [3.8, 4) is 0 Å². The van der Waals surface area contributed by atoms with Crippen molar-refractivity contribution in [1.82, 2.24) is 5.01 Å². The van der Waals surface area contributed by atoms with E-state index in [1.165, 1.54) is 5.01 Å². The summed E-state index contributed by atoms with van der Waals surface area (Å²) in [7, 11) is 1.54. The summed E-state index contributed by atoms with van der Waals surface area (Å²) in [6.07, 6.45) is 3.00. The Balaban J connectivity index is 1.61. The van der Waals surface area contributed by atoms with Crippen molar-refractivity contribution >= 4 is 47.5 Å². The average Bonchev–Trinajstić information content (AvgIpc) is 3.07. The second-order valence-corrected chi connectivity index (χ2v) is 6.40. The van der Waals surface area contributed by atoms with Gasteiger partial charge in [-0.15, -0.1) is 0 Å². The fourth-order valence-electron chi connectivity index (χ4n) is 2.82. The number of ether oxygens (including phenoxy) is 2. The fraction of sp³-hybridized carbons (Fsp3) is 0.412. The van der Waals surface area contributed by atoms with Crippen molar-refractivity contribution in [2.75, 3.05) is 36.5 Å². The fourth-order valence-corrected chi connectivity index (χ4v) is 2.94. The van der Waals surface area contributed by atoms with Crippen LogP contribution in [0.2, 0.25) is 0 Å². The highest BCUT2D eigenvalue weighted by molar-refractivity contribution is 7.80. The second-order valence-electron chi connectivity index (χ2n) is 5.94. The van der Waals surface area contributed by atoms with Gasteiger partial charge in [0.2, 0.25) is 6.41 Å². The van der Waals surface area contributed by atoms with Gasteiger partial charge in [0.1, 0.15) is 12.4 Å². The number of rotatable bonds is 6. The molecule has 0 spiro atoms. The molecule has 1 aromatic rings. The zero-order chi connectivity index (χ0) is 18.5. The van der Waals surface area contributed by atoms with Crippen LogP contribution in [0.3, 0.4) is 0 Å². The molecule has 9 heteroatoms. The first-order chi connectivity index (χ1) is 12.6. The van der Waals surface area contributed by atoms with Crippen molar-refractivity contribution in [3.05, 3.63) is 24.3 Å². The number of methoxy groups -OCH3 is 1. The smallest absolute Gasteiger partial charge is 0.414 e. The van der Waals surface area contributed by atoms with E-state index < -0.39 is 0 Å². The van der Waals surface area contributed by atoms with E-state index in [4.69, 9.17) is 21.7 Å². The summed E-state index contributed by atoms with van der Waals surface area (Å²) >= 11 is 5.02. The summed E-state index contributed by atoms with van der Waals surface area (Å²) in [5, 5.41) is 5.89. The molecule has 1 fully saturated rings. The van der Waals surface area contributed by atoms with Gasteiger partial charge in [0.25, 0.3) is 0 Å². The predicted octanol–water partition coefficient (Wildman–Crippen LogP) is 1.99. The molecule has 26 heavy (non-hydrogen) atoms. The highest BCUT2D eigenvalue weighted by Gasteiger charge is 2.32. The van der Waals surface area contributed by atoms with Gasteiger partial charge in [0.05, 0.1) is 20.2 Å². The molecule has 0 saturated carbocycles. The van der Waals surface area contributed by atoms with Crippen LogP contribution >= 0.6 is 12.2 Å². The van der Waals surface area contributed by atoms with Crippen LogP contribution in [-0.4, -0.2) is 61.7 Å². The van der Waals surface area contributed by atoms with Crippen molar-refractivity contribution in [2.45, 2.75) is 18.9 Å². The van der Waals surface area contributed by atoms with Gasteiger partial charge in [-0.2, -0.15) is 5.10 Å². The van der Waals surface area contributed by atoms with Crippen LogP contribution in [0.4, 0.5) is 16.2 Å². The number of thiocarbonyl (C=S) groups is 1. The first-order valence-electron chi connectivity index (χ1n) is 8.28. The molecular formula is C17H20N4O4S. The Kier molecular flexibility index (Phi) is 5.67. The summed E-state index contributed by atoms with van der Waals surface area (Å²) in [5.41, 5.74) is 1.72. The Morgan fingerprint density at radius 3 is 2.69 bits per heavy atom. The van der Waals surface area contributed by atoms with Crippen molar-refractivity contribution < 1.29 is 19.1 Å². The number of cyclic esters (lactones) is 1. The highest BCUT2D eigenvalue weighted by atomic mass is 32.1. The van der Waals surface area contributed by atoms with Gasteiger partial charge in [-0.05, 0) is 42.9 Å². The standard InChI is InChI=1S/C17H20N4O4S/c1-24-16(26)7-6-15-10-21(17(23)25-15)14-4-2-13(3-5-14)19-8-9-20(12-22)18-11-19/h2-5,11-12,15H,6-10H2,1H3/t15-/m0/s1. The molecular weight excluding hydrogens is 356 g/mol. The van der Waals surface area contributed by atoms with Gasteiger partial charge in [-0.25, -0.2) is 9.80 Å². The largest absolute Gasteiger partial charge is 0.490 e. The molecule has 1 saturated heterocycles. The number of nitrogens with zero attached hydrogens (tertiary/aromatic N) is 4. The van der Waals surface area contributed by atoms with Crippen LogP contribution in [-0.2, 0) is 14.3 Å². The van der Waals surface area contributed by atoms with E-state index in [1.54, 1.807) is 18.3 Å². The van der Waals surface area contributed by atoms with Gasteiger partial charge in [-0.3, -0.25) is 9.69 Å². The molecule has 2 heterocycles. The number of carbonyl (C=O) groups is 2. The second kappa shape index (κ2) is 8.13. The summed E-state index contributed by atoms with van der Waals surface area (Å²) < 4.78 is 10.4. The zero-order valence-electron chi connectivity index (χ0n) is 14.4. The van der Waals surface area contributed by atoms with Gasteiger partial charge in [-0.1, -0.05) is 0 Å². The predicted molar refractivity (Wildman–Crippen MR) is 102 cm³/mol. The molecule has 138 valence electrons. The summed E-state index contributed by atoms with van der Waals surface area (Å²) in [4.78, 5) is 26.4. The third-order valence-corrected chi connectivity index (χ3v) is 4.67. The van der Waals surface area contributed by atoms with Gasteiger partial charge in [0.15, 0.2) is 5.05 Å². The first kappa shape index (κ1) is 18.1. The minimum Gasteiger partial charge on any atom is -0.490 e. The monoisotopic (exact) mass is 376 g/mol. The van der Waals surface area contributed by atoms with Gasteiger partial charge < -0.3 is 14.4 Å². The maximum atomic E-state index is 12.1. The van der Waals surface area contributed by atoms with E-state index in [9.17, 15) is 9.59 Å². The zero-order valence-corrected chi connectivity index (χ0v) is 15.2. The Hall–Kier alpha value is -2.68. The van der Waals surface area contributed by atoms with Crippen molar-refractivity contribution in [2.24, 2.45) is 5.10 Å². The number of hydrogen-bond donors (Lipinski definition) is 0. The summed E-state index contributed by atoms with van der Waals surface area (Å²) in [5.74, 6) is 0. The van der Waals surface area contributed by atoms with E-state index in [2.05, 4.69) is 5.10 Å². The molecule has 2 aliphatic heterocycles. The number of hydrogen-bond acceptors (Lipinski definition) is 7. The molecule has 2 amide bonds. The topological polar surface area (TPSA) is 74.7 Å². The van der Waals surface area contributed by atoms with Crippen LogP contribution in [0.5, 0.6) is 0 Å². The molecule has 3 rings (SSSR count). The molecule has 0 radical (unpaired) electrons. The van der Waals surface area contributed by atoms with E-state index >= 15 is 0 Å². The van der Waals surface area contributed by atoms with E-state index in [0.717, 1.165) is 11.4 Å². The number of carbonyl (C=O) groups excluding carboxylic acids is 2. The average molecular weight is 376 g/mol. The molecule has 0 bridgehead atoms. The van der Waals surface area contributed by atoms with E-state index in [-0.39, 0.29) is 12.2 Å². The molecule has 0 aromatic heterocycles. The molecule has 1 aromatic carbocycles. The van der Waals surface area contributed by atoms with Crippen LogP contribution in [0.1, 0.15) is 12.8 Å². The Morgan fingerprint density at radius 1 is 1.35 bits per heavy atom. The van der Waals surface area contributed by atoms with Crippen LogP contribution in [0.25, 0.3) is 0 Å². The summed E-state index contributed by atoms with van der Waals surface area (Å²) in [6.45, 7) is 1.68. The van der Waals surface area contributed by atoms with Crippen LogP contribution < -0.4 is 9.80 Å². The number of hydrazone groups is 1. The molecule has 0 unspecified atom stereocenters. The summed E-state index contributed by atoms with van der Waals surface area (Å²) in [6, 6.07) is 7.58. The lowest BCUT2D eigenvalue weighted by molar-refractivity contribution is -0.118. The SMILES string of the molecule is COC(=S)CC[C@H]1CN(c2ccc(N3C=NN(C=O)CC3)cc2)C(=O)O1. The Bertz CT molecular complexity index is 709. The highest BCUT2D eigenvalue weighted by Crippen LogP contribution is 2.26. The van der Waals surface area contributed by atoms with Crippen molar-refractivity contribution in [1.29, 1.82) is 0 Å². The minimum atomic E-state index is -0.354. The number of anilines is 2. The first-order valence-corrected chi connectivity index (χ1v) is 8.69. The maximum Gasteiger partial charge on any atom is 0.414 e. The van der Waals surface area contributed by atoms with Gasteiger partial charge >= 0.3 is 6.09 Å². The third-order valence-electron chi connectivity index (χ3n) is 4.30. The number of amides is 2. The van der Waals surface area contributed by atoms with E-state index in [1.807, 2.05) is 29.2 Å². The molecule has 0 N–H and O–H groups in total.